The molecule has 0 aliphatic carbocycles. The lowest BCUT2D eigenvalue weighted by molar-refractivity contribution is -0.394. The summed E-state index contributed by atoms with van der Waals surface area (Å²) in [6, 6.07) is 5.90. The summed E-state index contributed by atoms with van der Waals surface area (Å²) in [5, 5.41) is 23.0. The third-order valence-electron chi connectivity index (χ3n) is 4.13. The second-order valence-corrected chi connectivity index (χ2v) is 7.99. The van der Waals surface area contributed by atoms with Crippen LogP contribution in [0.5, 0.6) is 0 Å². The predicted octanol–water partition coefficient (Wildman–Crippen LogP) is 4.60. The number of hydrogen-bond donors (Lipinski definition) is 0. The van der Waals surface area contributed by atoms with Crippen LogP contribution < -0.4 is 4.80 Å². The number of nitrogens with zero attached hydrogens (tertiary/aromatic N) is 4. The average Bonchev–Trinajstić information content (AvgIpc) is 3.04. The van der Waals surface area contributed by atoms with E-state index in [4.69, 9.17) is 27.9 Å². The van der Waals surface area contributed by atoms with Crippen molar-refractivity contribution < 1.29 is 19.4 Å². The lowest BCUT2D eigenvalue weighted by atomic mass is 10.1. The second-order valence-electron chi connectivity index (χ2n) is 6.14. The molecule has 0 saturated carbocycles. The van der Waals surface area contributed by atoms with Crippen LogP contribution in [0, 0.1) is 20.2 Å². The number of nitro benzene ring substituents is 2. The molecule has 1 amide bonds. The topological polar surface area (TPSA) is 130 Å². The molecule has 10 nitrogen and oxygen atoms in total. The SMILES string of the molecule is CCOCCn1c(=NC(=O)c2cc([N+](=O)[O-])cc([N+](=O)[O-])c2)sc2cc(Cl)cc(Cl)c21. The first-order valence-corrected chi connectivity index (χ1v) is 10.4. The monoisotopic (exact) mass is 484 g/mol. The fourth-order valence-corrected chi connectivity index (χ4v) is 4.64. The number of ether oxygens (including phenoxy) is 1. The van der Waals surface area contributed by atoms with Gasteiger partial charge in [0.05, 0.1) is 43.3 Å². The van der Waals surface area contributed by atoms with Gasteiger partial charge in [0.2, 0.25) is 0 Å². The van der Waals surface area contributed by atoms with Gasteiger partial charge in [-0.1, -0.05) is 34.5 Å². The van der Waals surface area contributed by atoms with Gasteiger partial charge in [-0.3, -0.25) is 25.0 Å². The minimum absolute atomic E-state index is 0.248. The predicted molar refractivity (Wildman–Crippen MR) is 116 cm³/mol. The molecule has 31 heavy (non-hydrogen) atoms. The van der Waals surface area contributed by atoms with E-state index < -0.39 is 27.1 Å². The van der Waals surface area contributed by atoms with E-state index in [9.17, 15) is 25.0 Å². The molecule has 0 aliphatic rings. The smallest absolute Gasteiger partial charge is 0.280 e. The summed E-state index contributed by atoms with van der Waals surface area (Å²) < 4.78 is 7.74. The fourth-order valence-electron chi connectivity index (χ4n) is 2.80. The minimum atomic E-state index is -0.870. The number of nitro groups is 2. The molecule has 0 spiro atoms. The molecule has 0 N–H and O–H groups in total. The summed E-state index contributed by atoms with van der Waals surface area (Å²) in [5.41, 5.74) is -0.836. The molecule has 0 unspecified atom stereocenters. The van der Waals surface area contributed by atoms with E-state index in [1.807, 2.05) is 6.92 Å². The quantitative estimate of drug-likeness (QED) is 0.273. The van der Waals surface area contributed by atoms with Crippen LogP contribution in [0.25, 0.3) is 10.2 Å². The number of non-ortho nitro benzene ring substituents is 2. The van der Waals surface area contributed by atoms with Crippen molar-refractivity contribution in [2.24, 2.45) is 4.99 Å². The summed E-state index contributed by atoms with van der Waals surface area (Å²) in [4.78, 5) is 37.6. The minimum Gasteiger partial charge on any atom is -0.380 e. The van der Waals surface area contributed by atoms with Crippen LogP contribution in [0.15, 0.2) is 35.3 Å². The number of halogens is 2. The van der Waals surface area contributed by atoms with Crippen LogP contribution in [-0.2, 0) is 11.3 Å². The molecule has 1 aromatic heterocycles. The highest BCUT2D eigenvalue weighted by molar-refractivity contribution is 7.16. The third kappa shape index (κ3) is 5.07. The molecule has 3 aromatic rings. The Labute approximate surface area is 188 Å². The van der Waals surface area contributed by atoms with Crippen molar-refractivity contribution in [3.63, 3.8) is 0 Å². The molecule has 1 heterocycles. The first kappa shape index (κ1) is 22.8. The van der Waals surface area contributed by atoms with E-state index in [-0.39, 0.29) is 10.4 Å². The Bertz CT molecular complexity index is 1240. The Morgan fingerprint density at radius 3 is 2.35 bits per heavy atom. The highest BCUT2D eigenvalue weighted by atomic mass is 35.5. The molecule has 0 saturated heterocycles. The number of carbonyl (C=O) groups excluding carboxylic acids is 1. The number of hydrogen-bond acceptors (Lipinski definition) is 7. The first-order chi connectivity index (χ1) is 14.7. The fraction of sp³-hybridized carbons (Fsp3) is 0.222. The summed E-state index contributed by atoms with van der Waals surface area (Å²) in [6.07, 6.45) is 0. The van der Waals surface area contributed by atoms with Crippen molar-refractivity contribution >= 4 is 62.0 Å². The van der Waals surface area contributed by atoms with Gasteiger partial charge in [0, 0.05) is 30.3 Å². The molecule has 0 fully saturated rings. The van der Waals surface area contributed by atoms with Crippen molar-refractivity contribution in [1.82, 2.24) is 4.57 Å². The lowest BCUT2D eigenvalue weighted by Crippen LogP contribution is -2.20. The Morgan fingerprint density at radius 2 is 1.77 bits per heavy atom. The molecular formula is C18H14Cl2N4O6S. The van der Waals surface area contributed by atoms with Crippen LogP contribution in [0.4, 0.5) is 11.4 Å². The number of thiazole rings is 1. The zero-order valence-corrected chi connectivity index (χ0v) is 18.2. The van der Waals surface area contributed by atoms with Gasteiger partial charge in [0.1, 0.15) is 0 Å². The number of amides is 1. The largest absolute Gasteiger partial charge is 0.380 e. The maximum absolute atomic E-state index is 12.8. The maximum atomic E-state index is 12.8. The van der Waals surface area contributed by atoms with Gasteiger partial charge in [-0.25, -0.2) is 0 Å². The van der Waals surface area contributed by atoms with Gasteiger partial charge in [-0.15, -0.1) is 0 Å². The summed E-state index contributed by atoms with van der Waals surface area (Å²) >= 11 is 13.6. The number of carbonyl (C=O) groups is 1. The van der Waals surface area contributed by atoms with Crippen LogP contribution in [0.1, 0.15) is 17.3 Å². The Kier molecular flexibility index (Phi) is 7.01. The molecule has 0 radical (unpaired) electrons. The maximum Gasteiger partial charge on any atom is 0.280 e. The van der Waals surface area contributed by atoms with Crippen LogP contribution in [-0.4, -0.2) is 33.5 Å². The van der Waals surface area contributed by atoms with Gasteiger partial charge in [-0.05, 0) is 19.1 Å². The summed E-state index contributed by atoms with van der Waals surface area (Å²) in [6.45, 7) is 2.99. The Morgan fingerprint density at radius 1 is 1.13 bits per heavy atom. The molecule has 13 heteroatoms. The standard InChI is InChI=1S/C18H14Cl2N4O6S/c1-2-30-4-3-22-16-14(20)7-11(19)8-15(16)31-18(22)21-17(25)10-5-12(23(26)27)9-13(6-10)24(28)29/h5-9H,2-4H2,1H3. The van der Waals surface area contributed by atoms with Gasteiger partial charge in [0.15, 0.2) is 4.80 Å². The second kappa shape index (κ2) is 9.52. The number of benzene rings is 2. The van der Waals surface area contributed by atoms with Gasteiger partial charge < -0.3 is 9.30 Å². The first-order valence-electron chi connectivity index (χ1n) is 8.80. The van der Waals surface area contributed by atoms with Gasteiger partial charge in [-0.2, -0.15) is 4.99 Å². The molecule has 3 rings (SSSR count). The summed E-state index contributed by atoms with van der Waals surface area (Å²) in [7, 11) is 0. The van der Waals surface area contributed by atoms with E-state index >= 15 is 0 Å². The molecule has 0 aliphatic heterocycles. The zero-order chi connectivity index (χ0) is 22.7. The van der Waals surface area contributed by atoms with Crippen molar-refractivity contribution in [1.29, 1.82) is 0 Å². The van der Waals surface area contributed by atoms with Crippen LogP contribution >= 0.6 is 34.5 Å². The molecule has 2 aromatic carbocycles. The molecular weight excluding hydrogens is 471 g/mol. The van der Waals surface area contributed by atoms with Crippen molar-refractivity contribution in [3.05, 3.63) is 71.0 Å². The van der Waals surface area contributed by atoms with Crippen molar-refractivity contribution in [2.75, 3.05) is 13.2 Å². The molecule has 0 bridgehead atoms. The summed E-state index contributed by atoms with van der Waals surface area (Å²) in [5.74, 6) is -0.870. The highest BCUT2D eigenvalue weighted by Gasteiger charge is 2.20. The number of aromatic nitrogens is 1. The lowest BCUT2D eigenvalue weighted by Gasteiger charge is -2.07. The van der Waals surface area contributed by atoms with Crippen molar-refractivity contribution in [3.8, 4) is 0 Å². The van der Waals surface area contributed by atoms with Gasteiger partial charge in [0.25, 0.3) is 17.3 Å². The normalized spacial score (nSPS) is 11.8. The number of rotatable bonds is 7. The highest BCUT2D eigenvalue weighted by Crippen LogP contribution is 2.30. The van der Waals surface area contributed by atoms with E-state index in [0.29, 0.717) is 40.0 Å². The van der Waals surface area contributed by atoms with Crippen LogP contribution in [0.3, 0.4) is 0 Å². The zero-order valence-electron chi connectivity index (χ0n) is 15.9. The molecule has 162 valence electrons. The van der Waals surface area contributed by atoms with E-state index in [0.717, 1.165) is 29.5 Å². The average molecular weight is 485 g/mol. The van der Waals surface area contributed by atoms with E-state index in [1.54, 1.807) is 16.7 Å². The van der Waals surface area contributed by atoms with Crippen LogP contribution in [0.2, 0.25) is 10.0 Å². The molecule has 0 atom stereocenters. The number of fused-ring (bicyclic) bond motifs is 1. The van der Waals surface area contributed by atoms with Crippen molar-refractivity contribution in [2.45, 2.75) is 13.5 Å². The van der Waals surface area contributed by atoms with Gasteiger partial charge >= 0.3 is 0 Å². The Balaban J connectivity index is 2.16. The third-order valence-corrected chi connectivity index (χ3v) is 5.66. The van der Waals surface area contributed by atoms with E-state index in [2.05, 4.69) is 4.99 Å². The Hall–Kier alpha value is -2.86. The van der Waals surface area contributed by atoms with E-state index in [1.165, 1.54) is 0 Å².